The minimum Gasteiger partial charge on any atom is -0.497 e. The summed E-state index contributed by atoms with van der Waals surface area (Å²) in [4.78, 5) is 13.4. The molecule has 7 nitrogen and oxygen atoms in total. The van der Waals surface area contributed by atoms with E-state index in [2.05, 4.69) is 45.2 Å². The van der Waals surface area contributed by atoms with Crippen molar-refractivity contribution in [1.29, 1.82) is 0 Å². The monoisotopic (exact) mass is 457 g/mol. The number of benzene rings is 3. The van der Waals surface area contributed by atoms with Crippen molar-refractivity contribution in [1.82, 2.24) is 14.9 Å². The zero-order valence-corrected chi connectivity index (χ0v) is 19.0. The van der Waals surface area contributed by atoms with E-state index >= 15 is 0 Å². The molecule has 0 fully saturated rings. The first-order chi connectivity index (χ1) is 16.1. The summed E-state index contributed by atoms with van der Waals surface area (Å²) in [5, 5.41) is 12.0. The molecule has 1 aliphatic heterocycles. The third-order valence-corrected chi connectivity index (χ3v) is 6.74. The molecule has 166 valence electrons. The molecule has 1 amide bonds. The van der Waals surface area contributed by atoms with Crippen molar-refractivity contribution in [3.63, 3.8) is 0 Å². The van der Waals surface area contributed by atoms with Gasteiger partial charge in [-0.15, -0.1) is 10.2 Å². The van der Waals surface area contributed by atoms with Crippen molar-refractivity contribution in [3.05, 3.63) is 90.0 Å². The summed E-state index contributed by atoms with van der Waals surface area (Å²) in [6, 6.07) is 25.1. The second-order valence-electron chi connectivity index (χ2n) is 7.78. The van der Waals surface area contributed by atoms with Crippen molar-refractivity contribution in [3.8, 4) is 17.1 Å². The molecule has 8 heteroatoms. The molecule has 0 spiro atoms. The summed E-state index contributed by atoms with van der Waals surface area (Å²) in [5.74, 6) is 1.34. The first-order valence-electron chi connectivity index (χ1n) is 10.6. The number of nitrogens with one attached hydrogen (secondary N) is 2. The maximum atomic E-state index is 13.4. The SMILES string of the molecule is COc1ccc(NC(=O)[C@@H]2Sc3nnc(-c4ccccc4)n3N[C@H]2c2ccc(C)cc2)cc1. The molecule has 1 aliphatic rings. The second-order valence-corrected chi connectivity index (χ2v) is 8.89. The third kappa shape index (κ3) is 4.29. The fourth-order valence-electron chi connectivity index (χ4n) is 3.74. The van der Waals surface area contributed by atoms with Crippen LogP contribution in [0.4, 0.5) is 5.69 Å². The number of ether oxygens (including phenoxy) is 1. The van der Waals surface area contributed by atoms with Crippen molar-refractivity contribution < 1.29 is 9.53 Å². The van der Waals surface area contributed by atoms with Gasteiger partial charge in [-0.3, -0.25) is 4.79 Å². The lowest BCUT2D eigenvalue weighted by Gasteiger charge is -2.33. The van der Waals surface area contributed by atoms with Gasteiger partial charge in [0.05, 0.1) is 13.2 Å². The molecule has 5 rings (SSSR count). The van der Waals surface area contributed by atoms with Crippen molar-refractivity contribution >= 4 is 23.4 Å². The Morgan fingerprint density at radius 2 is 1.73 bits per heavy atom. The first-order valence-corrected chi connectivity index (χ1v) is 11.5. The van der Waals surface area contributed by atoms with Gasteiger partial charge in [0.2, 0.25) is 11.1 Å². The molecule has 2 atom stereocenters. The Kier molecular flexibility index (Phi) is 5.75. The van der Waals surface area contributed by atoms with Crippen LogP contribution in [-0.2, 0) is 4.79 Å². The Hall–Kier alpha value is -3.78. The molecule has 0 saturated carbocycles. The van der Waals surface area contributed by atoms with E-state index in [-0.39, 0.29) is 11.9 Å². The predicted octanol–water partition coefficient (Wildman–Crippen LogP) is 4.66. The van der Waals surface area contributed by atoms with Gasteiger partial charge in [-0.2, -0.15) is 0 Å². The van der Waals surface area contributed by atoms with Crippen LogP contribution in [0.3, 0.4) is 0 Å². The van der Waals surface area contributed by atoms with Gasteiger partial charge in [-0.25, -0.2) is 4.68 Å². The van der Waals surface area contributed by atoms with Gasteiger partial charge in [-0.1, -0.05) is 71.9 Å². The Morgan fingerprint density at radius 1 is 1.00 bits per heavy atom. The Balaban J connectivity index is 1.48. The number of hydrogen-bond donors (Lipinski definition) is 2. The number of fused-ring (bicyclic) bond motifs is 1. The van der Waals surface area contributed by atoms with Gasteiger partial charge in [0.15, 0.2) is 5.82 Å². The highest BCUT2D eigenvalue weighted by atomic mass is 32.2. The maximum absolute atomic E-state index is 13.4. The van der Waals surface area contributed by atoms with E-state index in [1.807, 2.05) is 66.2 Å². The quantitative estimate of drug-likeness (QED) is 0.454. The lowest BCUT2D eigenvalue weighted by Crippen LogP contribution is -2.41. The van der Waals surface area contributed by atoms with Crippen LogP contribution in [0, 0.1) is 6.92 Å². The number of anilines is 1. The number of hydrogen-bond acceptors (Lipinski definition) is 6. The van der Waals surface area contributed by atoms with Crippen LogP contribution in [0.1, 0.15) is 17.2 Å². The van der Waals surface area contributed by atoms with Crippen LogP contribution < -0.4 is 15.5 Å². The van der Waals surface area contributed by atoms with Crippen LogP contribution in [0.15, 0.2) is 84.0 Å². The fourth-order valence-corrected chi connectivity index (χ4v) is 4.82. The van der Waals surface area contributed by atoms with Gasteiger partial charge in [0, 0.05) is 11.3 Å². The molecule has 0 radical (unpaired) electrons. The van der Waals surface area contributed by atoms with E-state index in [1.54, 1.807) is 7.11 Å². The molecular weight excluding hydrogens is 434 g/mol. The van der Waals surface area contributed by atoms with Crippen LogP contribution in [0.25, 0.3) is 11.4 Å². The normalized spacial score (nSPS) is 17.0. The lowest BCUT2D eigenvalue weighted by atomic mass is 10.0. The van der Waals surface area contributed by atoms with E-state index in [1.165, 1.54) is 11.8 Å². The average molecular weight is 458 g/mol. The summed E-state index contributed by atoms with van der Waals surface area (Å²) in [7, 11) is 1.62. The van der Waals surface area contributed by atoms with Crippen LogP contribution in [-0.4, -0.2) is 33.1 Å². The summed E-state index contributed by atoms with van der Waals surface area (Å²) >= 11 is 1.40. The largest absolute Gasteiger partial charge is 0.497 e. The van der Waals surface area contributed by atoms with Gasteiger partial charge in [0.25, 0.3) is 0 Å². The zero-order chi connectivity index (χ0) is 22.8. The molecule has 0 bridgehead atoms. The van der Waals surface area contributed by atoms with E-state index in [9.17, 15) is 4.79 Å². The van der Waals surface area contributed by atoms with Gasteiger partial charge in [0.1, 0.15) is 11.0 Å². The highest BCUT2D eigenvalue weighted by molar-refractivity contribution is 8.00. The molecule has 0 unspecified atom stereocenters. The van der Waals surface area contributed by atoms with E-state index in [0.717, 1.165) is 22.4 Å². The molecule has 2 N–H and O–H groups in total. The molecule has 2 heterocycles. The summed E-state index contributed by atoms with van der Waals surface area (Å²) < 4.78 is 7.08. The van der Waals surface area contributed by atoms with Gasteiger partial charge in [-0.05, 0) is 36.8 Å². The maximum Gasteiger partial charge on any atom is 0.240 e. The van der Waals surface area contributed by atoms with Crippen LogP contribution in [0.2, 0.25) is 0 Å². The number of carbonyl (C=O) groups excluding carboxylic acids is 1. The van der Waals surface area contributed by atoms with Crippen molar-refractivity contribution in [2.24, 2.45) is 0 Å². The first kappa shape index (κ1) is 21.1. The third-order valence-electron chi connectivity index (χ3n) is 5.52. The van der Waals surface area contributed by atoms with Crippen molar-refractivity contribution in [2.45, 2.75) is 23.4 Å². The van der Waals surface area contributed by atoms with E-state index in [4.69, 9.17) is 4.74 Å². The van der Waals surface area contributed by atoms with Crippen LogP contribution >= 0.6 is 11.8 Å². The summed E-state index contributed by atoms with van der Waals surface area (Å²) in [6.07, 6.45) is 0. The number of thioether (sulfide) groups is 1. The summed E-state index contributed by atoms with van der Waals surface area (Å²) in [5.41, 5.74) is 7.34. The lowest BCUT2D eigenvalue weighted by molar-refractivity contribution is -0.116. The standard InChI is InChI=1S/C25H23N5O2S/c1-16-8-10-17(11-9-16)21-22(24(31)26-19-12-14-20(32-2)15-13-19)33-25-28-27-23(30(25)29-21)18-6-4-3-5-7-18/h3-15,21-22,29H,1-2H3,(H,26,31)/t21-,22+/m0/s1. The highest BCUT2D eigenvalue weighted by Gasteiger charge is 2.38. The number of aromatic nitrogens is 3. The topological polar surface area (TPSA) is 81.1 Å². The van der Waals surface area contributed by atoms with Crippen LogP contribution in [0.5, 0.6) is 5.75 Å². The number of methoxy groups -OCH3 is 1. The number of nitrogens with zero attached hydrogens (tertiary/aromatic N) is 3. The number of rotatable bonds is 5. The molecule has 4 aromatic rings. The second kappa shape index (κ2) is 8.99. The predicted molar refractivity (Wildman–Crippen MR) is 130 cm³/mol. The van der Waals surface area contributed by atoms with Gasteiger partial charge < -0.3 is 15.5 Å². The molecule has 1 aromatic heterocycles. The van der Waals surface area contributed by atoms with E-state index < -0.39 is 5.25 Å². The highest BCUT2D eigenvalue weighted by Crippen LogP contribution is 2.39. The molecule has 0 aliphatic carbocycles. The average Bonchev–Trinajstić information content (AvgIpc) is 3.28. The minimum absolute atomic E-state index is 0.112. The Morgan fingerprint density at radius 3 is 2.42 bits per heavy atom. The molecule has 3 aromatic carbocycles. The minimum atomic E-state index is -0.449. The number of aryl methyl sites for hydroxylation is 1. The zero-order valence-electron chi connectivity index (χ0n) is 18.2. The molecule has 33 heavy (non-hydrogen) atoms. The smallest absolute Gasteiger partial charge is 0.240 e. The number of carbonyl (C=O) groups is 1. The van der Waals surface area contributed by atoms with Gasteiger partial charge >= 0.3 is 0 Å². The fraction of sp³-hybridized carbons (Fsp3) is 0.160. The van der Waals surface area contributed by atoms with Crippen molar-refractivity contribution in [2.75, 3.05) is 17.9 Å². The Labute approximate surface area is 196 Å². The Bertz CT molecular complexity index is 1260. The summed E-state index contributed by atoms with van der Waals surface area (Å²) in [6.45, 7) is 2.05. The number of amides is 1. The van der Waals surface area contributed by atoms with E-state index in [0.29, 0.717) is 16.7 Å². The molecular formula is C25H23N5O2S. The molecule has 0 saturated heterocycles.